The Morgan fingerprint density at radius 1 is 0.690 bits per heavy atom. The topological polar surface area (TPSA) is 39.2 Å². The number of benzene rings is 3. The average Bonchev–Trinajstić information content (AvgIpc) is 2.79. The average molecular weight is 379 g/mol. The van der Waals surface area contributed by atoms with Gasteiger partial charge in [0.05, 0.1) is 11.4 Å². The number of esters is 1. The summed E-state index contributed by atoms with van der Waals surface area (Å²) in [4.78, 5) is 15.9. The Kier molecular flexibility index (Phi) is 5.48. The lowest BCUT2D eigenvalue weighted by atomic mass is 9.99. The molecular formula is C26H21NO2. The van der Waals surface area contributed by atoms with Crippen LogP contribution >= 0.6 is 0 Å². The highest BCUT2D eigenvalue weighted by Gasteiger charge is 2.09. The van der Waals surface area contributed by atoms with Gasteiger partial charge in [-0.15, -0.1) is 0 Å². The molecule has 142 valence electrons. The van der Waals surface area contributed by atoms with Crippen molar-refractivity contribution < 1.29 is 9.53 Å². The number of carbonyl (C=O) groups excluding carboxylic acids is 1. The van der Waals surface area contributed by atoms with E-state index in [1.807, 2.05) is 48.5 Å². The Labute approximate surface area is 170 Å². The molecule has 1 aromatic heterocycles. The van der Waals surface area contributed by atoms with Crippen LogP contribution in [0.5, 0.6) is 0 Å². The molecule has 0 N–H and O–H groups in total. The van der Waals surface area contributed by atoms with E-state index in [1.165, 1.54) is 6.92 Å². The van der Waals surface area contributed by atoms with Gasteiger partial charge in [-0.05, 0) is 28.8 Å². The number of hydrogen-bond acceptors (Lipinski definition) is 3. The first-order valence-corrected chi connectivity index (χ1v) is 9.55. The summed E-state index contributed by atoms with van der Waals surface area (Å²) in [5.74, 6) is -0.275. The molecule has 0 bridgehead atoms. The van der Waals surface area contributed by atoms with Crippen LogP contribution in [0.1, 0.15) is 12.5 Å². The van der Waals surface area contributed by atoms with Crippen molar-refractivity contribution in [1.82, 2.24) is 4.98 Å². The lowest BCUT2D eigenvalue weighted by Crippen LogP contribution is -1.98. The summed E-state index contributed by atoms with van der Waals surface area (Å²) in [5, 5.41) is 0. The van der Waals surface area contributed by atoms with Crippen molar-refractivity contribution in [2.24, 2.45) is 0 Å². The van der Waals surface area contributed by atoms with Crippen molar-refractivity contribution in [1.29, 1.82) is 0 Å². The maximum Gasteiger partial charge on any atom is 0.302 e. The van der Waals surface area contributed by atoms with Gasteiger partial charge in [-0.2, -0.15) is 0 Å². The van der Waals surface area contributed by atoms with Crippen LogP contribution in [0.4, 0.5) is 0 Å². The molecule has 0 aliphatic carbocycles. The van der Waals surface area contributed by atoms with Gasteiger partial charge in [0.1, 0.15) is 6.61 Å². The van der Waals surface area contributed by atoms with E-state index in [-0.39, 0.29) is 12.6 Å². The quantitative estimate of drug-likeness (QED) is 0.391. The Morgan fingerprint density at radius 2 is 1.21 bits per heavy atom. The molecule has 3 heteroatoms. The minimum atomic E-state index is -0.275. The smallest absolute Gasteiger partial charge is 0.302 e. The molecule has 0 aliphatic heterocycles. The number of nitrogens with zero attached hydrogens (tertiary/aromatic N) is 1. The summed E-state index contributed by atoms with van der Waals surface area (Å²) in [6.07, 6.45) is 0. The molecule has 0 fully saturated rings. The Hall–Kier alpha value is -3.72. The van der Waals surface area contributed by atoms with Crippen molar-refractivity contribution in [2.75, 3.05) is 0 Å². The maximum absolute atomic E-state index is 11.0. The molecule has 0 unspecified atom stereocenters. The normalized spacial score (nSPS) is 10.5. The zero-order valence-electron chi connectivity index (χ0n) is 16.2. The molecule has 0 atom stereocenters. The molecule has 4 rings (SSSR count). The van der Waals surface area contributed by atoms with E-state index < -0.39 is 0 Å². The van der Waals surface area contributed by atoms with Crippen LogP contribution in [-0.4, -0.2) is 11.0 Å². The van der Waals surface area contributed by atoms with E-state index in [1.54, 1.807) is 0 Å². The fourth-order valence-corrected chi connectivity index (χ4v) is 3.19. The van der Waals surface area contributed by atoms with Crippen molar-refractivity contribution in [3.05, 3.63) is 103 Å². The summed E-state index contributed by atoms with van der Waals surface area (Å²) >= 11 is 0. The minimum Gasteiger partial charge on any atom is -0.461 e. The van der Waals surface area contributed by atoms with Crippen molar-refractivity contribution in [3.63, 3.8) is 0 Å². The Morgan fingerprint density at radius 3 is 1.69 bits per heavy atom. The van der Waals surface area contributed by atoms with Crippen molar-refractivity contribution in [2.45, 2.75) is 13.5 Å². The monoisotopic (exact) mass is 379 g/mol. The Bertz CT molecular complexity index is 1050. The van der Waals surface area contributed by atoms with Crippen LogP contribution in [-0.2, 0) is 16.1 Å². The largest absolute Gasteiger partial charge is 0.461 e. The van der Waals surface area contributed by atoms with E-state index in [0.29, 0.717) is 0 Å². The minimum absolute atomic E-state index is 0.275. The highest BCUT2D eigenvalue weighted by Crippen LogP contribution is 2.30. The van der Waals surface area contributed by atoms with Crippen LogP contribution < -0.4 is 0 Å². The second-order valence-electron chi connectivity index (χ2n) is 6.84. The second kappa shape index (κ2) is 8.53. The van der Waals surface area contributed by atoms with E-state index in [9.17, 15) is 4.79 Å². The van der Waals surface area contributed by atoms with E-state index in [0.717, 1.165) is 39.2 Å². The van der Waals surface area contributed by atoms with Gasteiger partial charge in [-0.3, -0.25) is 4.79 Å². The lowest BCUT2D eigenvalue weighted by Gasteiger charge is -2.11. The van der Waals surface area contributed by atoms with Crippen LogP contribution in [0.3, 0.4) is 0 Å². The summed E-state index contributed by atoms with van der Waals surface area (Å²) < 4.78 is 5.08. The van der Waals surface area contributed by atoms with Crippen LogP contribution in [0.15, 0.2) is 97.1 Å². The highest BCUT2D eigenvalue weighted by atomic mass is 16.5. The molecule has 4 aromatic rings. The molecule has 0 saturated carbocycles. The molecule has 0 aliphatic rings. The molecule has 3 nitrogen and oxygen atoms in total. The molecule has 0 saturated heterocycles. The number of ether oxygens (including phenoxy) is 1. The van der Waals surface area contributed by atoms with Gasteiger partial charge in [-0.25, -0.2) is 4.98 Å². The molecule has 3 aromatic carbocycles. The van der Waals surface area contributed by atoms with Crippen molar-refractivity contribution >= 4 is 5.97 Å². The Balaban J connectivity index is 1.75. The SMILES string of the molecule is CC(=O)OCc1ccc(-c2cc(-c3ccccc3)nc(-c3ccccc3)c2)cc1. The summed E-state index contributed by atoms with van der Waals surface area (Å²) in [5.41, 5.74) is 7.18. The van der Waals surface area contributed by atoms with E-state index in [2.05, 4.69) is 48.5 Å². The predicted molar refractivity (Wildman–Crippen MR) is 116 cm³/mol. The first kappa shape index (κ1) is 18.6. The molecule has 0 amide bonds. The molecule has 1 heterocycles. The zero-order chi connectivity index (χ0) is 20.1. The lowest BCUT2D eigenvalue weighted by molar-refractivity contribution is -0.142. The van der Waals surface area contributed by atoms with Gasteiger partial charge in [0.25, 0.3) is 0 Å². The van der Waals surface area contributed by atoms with Gasteiger partial charge >= 0.3 is 5.97 Å². The zero-order valence-corrected chi connectivity index (χ0v) is 16.2. The highest BCUT2D eigenvalue weighted by molar-refractivity contribution is 5.76. The third-order valence-electron chi connectivity index (χ3n) is 4.69. The standard InChI is InChI=1S/C26H21NO2/c1-19(28)29-18-20-12-14-21(15-13-20)24-16-25(22-8-4-2-5-9-22)27-26(17-24)23-10-6-3-7-11-23/h2-17H,18H2,1H3. The number of rotatable bonds is 5. The fourth-order valence-electron chi connectivity index (χ4n) is 3.19. The first-order valence-electron chi connectivity index (χ1n) is 9.55. The second-order valence-corrected chi connectivity index (χ2v) is 6.84. The van der Waals surface area contributed by atoms with E-state index in [4.69, 9.17) is 9.72 Å². The van der Waals surface area contributed by atoms with Gasteiger partial charge in [0.2, 0.25) is 0 Å². The van der Waals surface area contributed by atoms with Gasteiger partial charge in [-0.1, -0.05) is 84.9 Å². The van der Waals surface area contributed by atoms with Gasteiger partial charge in [0, 0.05) is 18.1 Å². The third-order valence-corrected chi connectivity index (χ3v) is 4.69. The fraction of sp³-hybridized carbons (Fsp3) is 0.0769. The van der Waals surface area contributed by atoms with Crippen LogP contribution in [0, 0.1) is 0 Å². The summed E-state index contributed by atoms with van der Waals surface area (Å²) in [7, 11) is 0. The maximum atomic E-state index is 11.0. The summed E-state index contributed by atoms with van der Waals surface area (Å²) in [6, 6.07) is 32.7. The third kappa shape index (κ3) is 4.58. The number of pyridine rings is 1. The summed E-state index contributed by atoms with van der Waals surface area (Å²) in [6.45, 7) is 1.71. The molecule has 0 radical (unpaired) electrons. The number of carbonyl (C=O) groups is 1. The molecule has 29 heavy (non-hydrogen) atoms. The molecular weight excluding hydrogens is 358 g/mol. The number of aromatic nitrogens is 1. The first-order chi connectivity index (χ1) is 14.2. The molecule has 0 spiro atoms. The van der Waals surface area contributed by atoms with Crippen LogP contribution in [0.25, 0.3) is 33.6 Å². The predicted octanol–water partition coefficient (Wildman–Crippen LogP) is 6.15. The van der Waals surface area contributed by atoms with Crippen molar-refractivity contribution in [3.8, 4) is 33.6 Å². The van der Waals surface area contributed by atoms with Gasteiger partial charge in [0.15, 0.2) is 0 Å². The van der Waals surface area contributed by atoms with E-state index >= 15 is 0 Å². The van der Waals surface area contributed by atoms with Gasteiger partial charge < -0.3 is 4.74 Å². The number of hydrogen-bond donors (Lipinski definition) is 0. The van der Waals surface area contributed by atoms with Crippen LogP contribution in [0.2, 0.25) is 0 Å².